The number of carbonyl (C=O) groups is 1. The monoisotopic (exact) mass is 287 g/mol. The van der Waals surface area contributed by atoms with Gasteiger partial charge in [0, 0.05) is 18.3 Å². The second-order valence-corrected chi connectivity index (χ2v) is 5.16. The van der Waals surface area contributed by atoms with Crippen molar-refractivity contribution in [3.05, 3.63) is 58.2 Å². The summed E-state index contributed by atoms with van der Waals surface area (Å²) in [6.07, 6.45) is 2.52. The first kappa shape index (κ1) is 13.1. The summed E-state index contributed by atoms with van der Waals surface area (Å²) < 4.78 is 0. The molecule has 0 spiro atoms. The van der Waals surface area contributed by atoms with Crippen LogP contribution in [0.5, 0.6) is 0 Å². The van der Waals surface area contributed by atoms with Crippen molar-refractivity contribution in [2.45, 2.75) is 13.0 Å². The molecule has 0 bridgehead atoms. The van der Waals surface area contributed by atoms with Gasteiger partial charge in [-0.05, 0) is 48.4 Å². The van der Waals surface area contributed by atoms with Crippen LogP contribution in [0.2, 0.25) is 5.02 Å². The molecule has 1 aliphatic heterocycles. The molecule has 0 fully saturated rings. The van der Waals surface area contributed by atoms with E-state index < -0.39 is 0 Å². The highest BCUT2D eigenvalue weighted by molar-refractivity contribution is 6.30. The van der Waals surface area contributed by atoms with Crippen LogP contribution in [0.4, 0.5) is 5.82 Å². The number of pyridine rings is 1. The van der Waals surface area contributed by atoms with Crippen molar-refractivity contribution in [3.8, 4) is 0 Å². The number of halogens is 1. The van der Waals surface area contributed by atoms with E-state index in [-0.39, 0.29) is 5.91 Å². The predicted molar refractivity (Wildman–Crippen MR) is 79.1 cm³/mol. The quantitative estimate of drug-likeness (QED) is 0.893. The summed E-state index contributed by atoms with van der Waals surface area (Å²) in [5, 5.41) is 6.61. The number of hydrogen-bond donors (Lipinski definition) is 2. The van der Waals surface area contributed by atoms with E-state index in [1.54, 1.807) is 12.1 Å². The van der Waals surface area contributed by atoms with E-state index in [1.165, 1.54) is 17.3 Å². The summed E-state index contributed by atoms with van der Waals surface area (Å²) >= 11 is 5.76. The molecule has 2 N–H and O–H groups in total. The number of benzene rings is 1. The molecule has 1 aromatic carbocycles. The maximum Gasteiger partial charge on any atom is 0.256 e. The lowest BCUT2D eigenvalue weighted by molar-refractivity contribution is 0.102. The highest BCUT2D eigenvalue weighted by Crippen LogP contribution is 2.17. The Morgan fingerprint density at radius 2 is 2.15 bits per heavy atom. The predicted octanol–water partition coefficient (Wildman–Crippen LogP) is 2.63. The molecule has 5 heteroatoms. The van der Waals surface area contributed by atoms with E-state index in [4.69, 9.17) is 11.6 Å². The maximum atomic E-state index is 12.2. The first-order valence-corrected chi connectivity index (χ1v) is 6.85. The van der Waals surface area contributed by atoms with Gasteiger partial charge in [-0.25, -0.2) is 4.98 Å². The Kier molecular flexibility index (Phi) is 3.67. The van der Waals surface area contributed by atoms with Gasteiger partial charge in [0.1, 0.15) is 5.82 Å². The van der Waals surface area contributed by atoms with Gasteiger partial charge >= 0.3 is 0 Å². The van der Waals surface area contributed by atoms with Crippen LogP contribution < -0.4 is 10.6 Å². The fraction of sp³-hybridized carbons (Fsp3) is 0.200. The van der Waals surface area contributed by atoms with Crippen LogP contribution in [0.3, 0.4) is 0 Å². The summed E-state index contributed by atoms with van der Waals surface area (Å²) in [4.78, 5) is 16.2. The SMILES string of the molecule is O=C(Nc1ccc(Cl)cn1)c1ccc2c(c1)CNCC2. The Morgan fingerprint density at radius 3 is 2.95 bits per heavy atom. The molecule has 0 saturated carbocycles. The molecule has 0 atom stereocenters. The number of anilines is 1. The molecule has 4 nitrogen and oxygen atoms in total. The van der Waals surface area contributed by atoms with Crippen LogP contribution in [0.15, 0.2) is 36.5 Å². The van der Waals surface area contributed by atoms with Crippen LogP contribution in [-0.4, -0.2) is 17.4 Å². The summed E-state index contributed by atoms with van der Waals surface area (Å²) in [6, 6.07) is 9.20. The molecular formula is C15H14ClN3O. The number of nitrogens with one attached hydrogen (secondary N) is 2. The van der Waals surface area contributed by atoms with Crippen LogP contribution in [-0.2, 0) is 13.0 Å². The molecule has 2 aromatic rings. The molecule has 1 aliphatic rings. The molecule has 3 rings (SSSR count). The summed E-state index contributed by atoms with van der Waals surface area (Å²) in [7, 11) is 0. The van der Waals surface area contributed by atoms with Gasteiger partial charge in [0.15, 0.2) is 0 Å². The number of nitrogens with zero attached hydrogens (tertiary/aromatic N) is 1. The number of fused-ring (bicyclic) bond motifs is 1. The zero-order valence-electron chi connectivity index (χ0n) is 10.8. The van der Waals surface area contributed by atoms with Gasteiger partial charge in [0.05, 0.1) is 5.02 Å². The third-order valence-corrected chi connectivity index (χ3v) is 3.55. The topological polar surface area (TPSA) is 54.0 Å². The van der Waals surface area contributed by atoms with E-state index in [0.29, 0.717) is 16.4 Å². The first-order chi connectivity index (χ1) is 9.72. The van der Waals surface area contributed by atoms with Crippen molar-refractivity contribution in [1.82, 2.24) is 10.3 Å². The average Bonchev–Trinajstić information content (AvgIpc) is 2.49. The van der Waals surface area contributed by atoms with Gasteiger partial charge < -0.3 is 10.6 Å². The van der Waals surface area contributed by atoms with Gasteiger partial charge in [0.2, 0.25) is 0 Å². The van der Waals surface area contributed by atoms with Crippen LogP contribution in [0.1, 0.15) is 21.5 Å². The number of aromatic nitrogens is 1. The van der Waals surface area contributed by atoms with Gasteiger partial charge in [-0.3, -0.25) is 4.79 Å². The van der Waals surface area contributed by atoms with Crippen molar-refractivity contribution in [2.24, 2.45) is 0 Å². The normalized spacial score (nSPS) is 13.7. The first-order valence-electron chi connectivity index (χ1n) is 6.48. The van der Waals surface area contributed by atoms with Gasteiger partial charge in [-0.15, -0.1) is 0 Å². The molecule has 1 amide bonds. The van der Waals surface area contributed by atoms with Gasteiger partial charge in [0.25, 0.3) is 5.91 Å². The number of rotatable bonds is 2. The number of hydrogen-bond acceptors (Lipinski definition) is 3. The lowest BCUT2D eigenvalue weighted by Gasteiger charge is -2.17. The highest BCUT2D eigenvalue weighted by atomic mass is 35.5. The van der Waals surface area contributed by atoms with Crippen molar-refractivity contribution >= 4 is 23.3 Å². The molecule has 0 radical (unpaired) electrons. The standard InChI is InChI=1S/C15H14ClN3O/c16-13-3-4-14(18-9-13)19-15(20)11-2-1-10-5-6-17-8-12(10)7-11/h1-4,7,9,17H,5-6,8H2,(H,18,19,20). The fourth-order valence-electron chi connectivity index (χ4n) is 2.26. The molecule has 0 unspecified atom stereocenters. The minimum absolute atomic E-state index is 0.159. The second kappa shape index (κ2) is 5.61. The van der Waals surface area contributed by atoms with Crippen molar-refractivity contribution in [2.75, 3.05) is 11.9 Å². The minimum atomic E-state index is -0.159. The van der Waals surface area contributed by atoms with E-state index in [0.717, 1.165) is 19.5 Å². The third-order valence-electron chi connectivity index (χ3n) is 3.32. The third kappa shape index (κ3) is 2.81. The molecule has 2 heterocycles. The lowest BCUT2D eigenvalue weighted by Crippen LogP contribution is -2.24. The Bertz CT molecular complexity index is 640. The van der Waals surface area contributed by atoms with Crippen LogP contribution in [0.25, 0.3) is 0 Å². The van der Waals surface area contributed by atoms with E-state index >= 15 is 0 Å². The second-order valence-electron chi connectivity index (χ2n) is 4.73. The maximum absolute atomic E-state index is 12.2. The zero-order chi connectivity index (χ0) is 13.9. The molecular weight excluding hydrogens is 274 g/mol. The Morgan fingerprint density at radius 1 is 1.25 bits per heavy atom. The summed E-state index contributed by atoms with van der Waals surface area (Å²) in [5.74, 6) is 0.337. The zero-order valence-corrected chi connectivity index (χ0v) is 11.6. The fourth-order valence-corrected chi connectivity index (χ4v) is 2.37. The largest absolute Gasteiger partial charge is 0.312 e. The van der Waals surface area contributed by atoms with E-state index in [9.17, 15) is 4.79 Å². The molecule has 1 aromatic heterocycles. The van der Waals surface area contributed by atoms with Crippen molar-refractivity contribution < 1.29 is 4.79 Å². The average molecular weight is 288 g/mol. The van der Waals surface area contributed by atoms with Crippen LogP contribution >= 0.6 is 11.6 Å². The number of amides is 1. The van der Waals surface area contributed by atoms with Gasteiger partial charge in [-0.1, -0.05) is 17.7 Å². The van der Waals surface area contributed by atoms with Crippen LogP contribution in [0, 0.1) is 0 Å². The Hall–Kier alpha value is -1.91. The highest BCUT2D eigenvalue weighted by Gasteiger charge is 2.12. The number of carbonyl (C=O) groups excluding carboxylic acids is 1. The summed E-state index contributed by atoms with van der Waals surface area (Å²) in [6.45, 7) is 1.81. The van der Waals surface area contributed by atoms with Crippen molar-refractivity contribution in [1.29, 1.82) is 0 Å². The van der Waals surface area contributed by atoms with Gasteiger partial charge in [-0.2, -0.15) is 0 Å². The Labute approximate surface area is 122 Å². The lowest BCUT2D eigenvalue weighted by atomic mass is 9.98. The molecule has 0 aliphatic carbocycles. The minimum Gasteiger partial charge on any atom is -0.312 e. The Balaban J connectivity index is 1.78. The van der Waals surface area contributed by atoms with E-state index in [1.807, 2.05) is 18.2 Å². The van der Waals surface area contributed by atoms with E-state index in [2.05, 4.69) is 15.6 Å². The summed E-state index contributed by atoms with van der Waals surface area (Å²) in [5.41, 5.74) is 3.14. The molecule has 0 saturated heterocycles. The van der Waals surface area contributed by atoms with Crippen molar-refractivity contribution in [3.63, 3.8) is 0 Å². The molecule has 20 heavy (non-hydrogen) atoms. The smallest absolute Gasteiger partial charge is 0.256 e. The molecule has 102 valence electrons.